The van der Waals surface area contributed by atoms with Crippen LogP contribution in [0.5, 0.6) is 5.75 Å². The summed E-state index contributed by atoms with van der Waals surface area (Å²) in [4.78, 5) is 14.7. The van der Waals surface area contributed by atoms with Gasteiger partial charge in [0.1, 0.15) is 16.8 Å². The Labute approximate surface area is 164 Å². The van der Waals surface area contributed by atoms with Crippen LogP contribution in [0, 0.1) is 11.3 Å². The van der Waals surface area contributed by atoms with Gasteiger partial charge in [-0.25, -0.2) is 4.98 Å². The highest BCUT2D eigenvalue weighted by atomic mass is 32.2. The van der Waals surface area contributed by atoms with Crippen molar-refractivity contribution in [1.82, 2.24) is 4.98 Å². The molecule has 0 N–H and O–H groups in total. The van der Waals surface area contributed by atoms with Crippen molar-refractivity contribution < 1.29 is 27.8 Å². The van der Waals surface area contributed by atoms with Crippen molar-refractivity contribution in [2.24, 2.45) is 0 Å². The molecule has 0 aliphatic heterocycles. The van der Waals surface area contributed by atoms with E-state index >= 15 is 0 Å². The Morgan fingerprint density at radius 2 is 2.00 bits per heavy atom. The Morgan fingerprint density at radius 1 is 1.32 bits per heavy atom. The van der Waals surface area contributed by atoms with Crippen molar-refractivity contribution in [2.45, 2.75) is 31.0 Å². The lowest BCUT2D eigenvalue weighted by molar-refractivity contribution is -0.301. The molecule has 0 radical (unpaired) electrons. The van der Waals surface area contributed by atoms with Crippen molar-refractivity contribution >= 4 is 17.7 Å². The Morgan fingerprint density at radius 3 is 2.54 bits per heavy atom. The average Bonchev–Trinajstić information content (AvgIpc) is 2.65. The first-order chi connectivity index (χ1) is 13.3. The van der Waals surface area contributed by atoms with Gasteiger partial charge in [-0.3, -0.25) is 0 Å². The standard InChI is InChI=1S/C19H17F3N2O3S/c1-2-3-8-27-13-6-4-12(5-7-13)16-9-15(19(20,21)22)14(10-23)18(24-16)28-11-17(25)26/h4-7,9H,2-3,8,11H2,1H3,(H,25,26)/p-1. The van der Waals surface area contributed by atoms with Crippen LogP contribution in [-0.2, 0) is 11.0 Å². The molecule has 9 heteroatoms. The molecule has 0 fully saturated rings. The first-order valence-electron chi connectivity index (χ1n) is 8.34. The summed E-state index contributed by atoms with van der Waals surface area (Å²) in [5.41, 5.74) is -1.51. The van der Waals surface area contributed by atoms with Crippen molar-refractivity contribution in [3.63, 3.8) is 0 Å². The lowest BCUT2D eigenvalue weighted by Gasteiger charge is -2.14. The van der Waals surface area contributed by atoms with E-state index in [-0.39, 0.29) is 10.7 Å². The Balaban J connectivity index is 2.44. The van der Waals surface area contributed by atoms with E-state index in [0.717, 1.165) is 18.9 Å². The van der Waals surface area contributed by atoms with Crippen molar-refractivity contribution in [3.8, 4) is 23.1 Å². The predicted molar refractivity (Wildman–Crippen MR) is 95.5 cm³/mol. The zero-order valence-electron chi connectivity index (χ0n) is 14.9. The fourth-order valence-electron chi connectivity index (χ4n) is 2.29. The van der Waals surface area contributed by atoms with Gasteiger partial charge in [-0.2, -0.15) is 18.4 Å². The number of aromatic nitrogens is 1. The number of rotatable bonds is 8. The zero-order chi connectivity index (χ0) is 20.7. The normalized spacial score (nSPS) is 11.1. The van der Waals surface area contributed by atoms with Crippen LogP contribution in [0.4, 0.5) is 13.2 Å². The van der Waals surface area contributed by atoms with E-state index in [4.69, 9.17) is 10.00 Å². The quantitative estimate of drug-likeness (QED) is 0.489. The molecule has 0 atom stereocenters. The number of hydrogen-bond donors (Lipinski definition) is 0. The minimum Gasteiger partial charge on any atom is -0.549 e. The van der Waals surface area contributed by atoms with Crippen LogP contribution in [0.1, 0.15) is 30.9 Å². The number of carbonyl (C=O) groups excluding carboxylic acids is 1. The number of pyridine rings is 1. The monoisotopic (exact) mass is 409 g/mol. The molecule has 2 aromatic rings. The predicted octanol–water partition coefficient (Wildman–Crippen LogP) is 3.66. The lowest BCUT2D eigenvalue weighted by atomic mass is 10.1. The van der Waals surface area contributed by atoms with Gasteiger partial charge in [0.05, 0.1) is 29.4 Å². The number of unbranched alkanes of at least 4 members (excludes halogenated alkanes) is 1. The molecule has 0 aliphatic carbocycles. The van der Waals surface area contributed by atoms with Crippen molar-refractivity contribution in [3.05, 3.63) is 41.5 Å². The molecule has 148 valence electrons. The molecule has 0 saturated carbocycles. The van der Waals surface area contributed by atoms with Crippen LogP contribution in [0.15, 0.2) is 35.4 Å². The van der Waals surface area contributed by atoms with E-state index in [1.54, 1.807) is 24.3 Å². The van der Waals surface area contributed by atoms with E-state index in [0.29, 0.717) is 29.7 Å². The highest BCUT2D eigenvalue weighted by Crippen LogP contribution is 2.38. The van der Waals surface area contributed by atoms with Crippen LogP contribution in [0.25, 0.3) is 11.3 Å². The summed E-state index contributed by atoms with van der Waals surface area (Å²) >= 11 is 0.515. The maximum Gasteiger partial charge on any atom is 0.417 e. The number of alkyl halides is 3. The van der Waals surface area contributed by atoms with E-state index in [9.17, 15) is 23.1 Å². The molecule has 28 heavy (non-hydrogen) atoms. The Bertz CT molecular complexity index is 878. The van der Waals surface area contributed by atoms with Gasteiger partial charge in [0.2, 0.25) is 0 Å². The summed E-state index contributed by atoms with van der Waals surface area (Å²) in [6.45, 7) is 2.56. The molecule has 0 aliphatic rings. The first-order valence-corrected chi connectivity index (χ1v) is 9.33. The summed E-state index contributed by atoms with van der Waals surface area (Å²) in [5, 5.41) is 19.5. The van der Waals surface area contributed by atoms with Gasteiger partial charge < -0.3 is 14.6 Å². The maximum atomic E-state index is 13.4. The van der Waals surface area contributed by atoms with Gasteiger partial charge in [-0.05, 0) is 36.8 Å². The molecule has 5 nitrogen and oxygen atoms in total. The molecule has 0 unspecified atom stereocenters. The van der Waals surface area contributed by atoms with Crippen LogP contribution in [0.3, 0.4) is 0 Å². The Kier molecular flexibility index (Phi) is 7.29. The van der Waals surface area contributed by atoms with Crippen molar-refractivity contribution in [2.75, 3.05) is 12.4 Å². The summed E-state index contributed by atoms with van der Waals surface area (Å²) in [5.74, 6) is -1.51. The fourth-order valence-corrected chi connectivity index (χ4v) is 3.01. The topological polar surface area (TPSA) is 86.0 Å². The fraction of sp³-hybridized carbons (Fsp3) is 0.316. The zero-order valence-corrected chi connectivity index (χ0v) is 15.7. The molecule has 0 amide bonds. The number of nitriles is 1. The SMILES string of the molecule is CCCCOc1ccc(-c2cc(C(F)(F)F)c(C#N)c(SCC(=O)[O-])n2)cc1. The number of carbonyl (C=O) groups is 1. The number of carboxylic acids is 1. The second kappa shape index (κ2) is 9.46. The molecular formula is C19H16F3N2O3S-. The number of benzene rings is 1. The maximum absolute atomic E-state index is 13.4. The van der Waals surface area contributed by atoms with Crippen LogP contribution < -0.4 is 9.84 Å². The number of aliphatic carboxylic acids is 1. The number of ether oxygens (including phenoxy) is 1. The van der Waals surface area contributed by atoms with Gasteiger partial charge in [0, 0.05) is 11.3 Å². The second-order valence-corrected chi connectivity index (χ2v) is 6.70. The highest BCUT2D eigenvalue weighted by molar-refractivity contribution is 7.99. The third kappa shape index (κ3) is 5.63. The summed E-state index contributed by atoms with van der Waals surface area (Å²) in [7, 11) is 0. The van der Waals surface area contributed by atoms with Crippen LogP contribution in [0.2, 0.25) is 0 Å². The van der Waals surface area contributed by atoms with Crippen LogP contribution in [-0.4, -0.2) is 23.3 Å². The molecule has 0 spiro atoms. The number of thioether (sulfide) groups is 1. The lowest BCUT2D eigenvalue weighted by Crippen LogP contribution is -2.24. The molecule has 1 aromatic heterocycles. The largest absolute Gasteiger partial charge is 0.549 e. The molecule has 2 rings (SSSR count). The number of nitrogens with zero attached hydrogens (tertiary/aromatic N) is 2. The van der Waals surface area contributed by atoms with E-state index in [1.165, 1.54) is 6.07 Å². The summed E-state index contributed by atoms with van der Waals surface area (Å²) in [6.07, 6.45) is -2.94. The number of hydrogen-bond acceptors (Lipinski definition) is 6. The summed E-state index contributed by atoms with van der Waals surface area (Å²) in [6, 6.07) is 8.61. The van der Waals surface area contributed by atoms with Gasteiger partial charge in [-0.15, -0.1) is 0 Å². The molecule has 0 saturated heterocycles. The van der Waals surface area contributed by atoms with Gasteiger partial charge in [-0.1, -0.05) is 25.1 Å². The van der Waals surface area contributed by atoms with E-state index < -0.39 is 29.0 Å². The third-order valence-electron chi connectivity index (χ3n) is 3.65. The number of carboxylic acid groups (broad SMARTS) is 1. The highest BCUT2D eigenvalue weighted by Gasteiger charge is 2.36. The second-order valence-electron chi connectivity index (χ2n) is 5.73. The van der Waals surface area contributed by atoms with E-state index in [1.807, 2.05) is 6.92 Å². The van der Waals surface area contributed by atoms with Crippen molar-refractivity contribution in [1.29, 1.82) is 5.26 Å². The Hall–Kier alpha value is -2.73. The minimum atomic E-state index is -4.79. The smallest absolute Gasteiger partial charge is 0.417 e. The minimum absolute atomic E-state index is 0.0210. The molecular weight excluding hydrogens is 393 g/mol. The molecule has 1 heterocycles. The first kappa shape index (κ1) is 21.6. The van der Waals surface area contributed by atoms with Gasteiger partial charge in [0.15, 0.2) is 0 Å². The average molecular weight is 409 g/mol. The number of halogens is 3. The van der Waals surface area contributed by atoms with Gasteiger partial charge in [0.25, 0.3) is 0 Å². The molecule has 1 aromatic carbocycles. The van der Waals surface area contributed by atoms with Gasteiger partial charge >= 0.3 is 6.18 Å². The van der Waals surface area contributed by atoms with Crippen LogP contribution >= 0.6 is 11.8 Å². The summed E-state index contributed by atoms with van der Waals surface area (Å²) < 4.78 is 45.8. The third-order valence-corrected chi connectivity index (χ3v) is 4.60. The molecule has 0 bridgehead atoms. The van der Waals surface area contributed by atoms with E-state index in [2.05, 4.69) is 4.98 Å².